The summed E-state index contributed by atoms with van der Waals surface area (Å²) >= 11 is 8.54. The molecule has 0 spiro atoms. The predicted octanol–water partition coefficient (Wildman–Crippen LogP) is 6.70. The molecule has 2 heterocycles. The molecule has 0 bridgehead atoms. The number of thiazole rings is 1. The molecule has 0 fully saturated rings. The molecule has 0 N–H and O–H groups in total. The summed E-state index contributed by atoms with van der Waals surface area (Å²) in [6.07, 6.45) is 3.10. The Balaban J connectivity index is 1.65. The molecule has 0 saturated carbocycles. The number of esters is 1. The molecule has 3 aromatic carbocycles. The van der Waals surface area contributed by atoms with Crippen molar-refractivity contribution < 1.29 is 23.7 Å². The smallest absolute Gasteiger partial charge is 0.338 e. The van der Waals surface area contributed by atoms with Crippen LogP contribution in [0.25, 0.3) is 6.08 Å². The van der Waals surface area contributed by atoms with Crippen LogP contribution in [-0.4, -0.2) is 31.4 Å². The van der Waals surface area contributed by atoms with Crippen LogP contribution in [0.2, 0.25) is 0 Å². The van der Waals surface area contributed by atoms with Crippen molar-refractivity contribution in [1.29, 1.82) is 0 Å². The Morgan fingerprint density at radius 3 is 2.40 bits per heavy atom. The Morgan fingerprint density at radius 2 is 1.76 bits per heavy atom. The molecule has 0 unspecified atom stereocenters. The van der Waals surface area contributed by atoms with Gasteiger partial charge < -0.3 is 18.9 Å². The first kappa shape index (κ1) is 32.7. The summed E-state index contributed by atoms with van der Waals surface area (Å²) in [6.45, 7) is 4.36. The highest BCUT2D eigenvalue weighted by atomic mass is 79.9. The van der Waals surface area contributed by atoms with Gasteiger partial charge in [-0.2, -0.15) is 0 Å². The molecular weight excluding hydrogens is 724 g/mol. The van der Waals surface area contributed by atoms with E-state index >= 15 is 0 Å². The zero-order chi connectivity index (χ0) is 32.1. The van der Waals surface area contributed by atoms with E-state index < -0.39 is 12.0 Å². The second kappa shape index (κ2) is 14.6. The van der Waals surface area contributed by atoms with Crippen molar-refractivity contribution >= 4 is 55.2 Å². The Kier molecular flexibility index (Phi) is 10.6. The monoisotopic (exact) mass is 754 g/mol. The molecule has 234 valence electrons. The molecular formula is C34H32Br2N2O6S. The largest absolute Gasteiger partial charge is 0.497 e. The lowest BCUT2D eigenvalue weighted by molar-refractivity contribution is -0.139. The Labute approximate surface area is 281 Å². The summed E-state index contributed by atoms with van der Waals surface area (Å²) in [5.41, 5.74) is 3.04. The molecule has 0 radical (unpaired) electrons. The number of hydrogen-bond donors (Lipinski definition) is 0. The number of carbonyl (C=O) groups excluding carboxylic acids is 1. The molecule has 1 aliphatic heterocycles. The number of hydrogen-bond acceptors (Lipinski definition) is 8. The predicted molar refractivity (Wildman–Crippen MR) is 182 cm³/mol. The molecule has 0 aliphatic carbocycles. The Bertz CT molecular complexity index is 1910. The molecule has 1 aliphatic rings. The molecule has 1 atom stereocenters. The van der Waals surface area contributed by atoms with Crippen molar-refractivity contribution in [2.45, 2.75) is 39.3 Å². The van der Waals surface area contributed by atoms with Gasteiger partial charge in [0.25, 0.3) is 5.56 Å². The van der Waals surface area contributed by atoms with E-state index in [1.165, 1.54) is 11.3 Å². The highest BCUT2D eigenvalue weighted by Crippen LogP contribution is 2.39. The fourth-order valence-corrected chi connectivity index (χ4v) is 7.62. The van der Waals surface area contributed by atoms with E-state index in [4.69, 9.17) is 23.9 Å². The van der Waals surface area contributed by atoms with Gasteiger partial charge in [-0.05, 0) is 92.7 Å². The number of methoxy groups -OCH3 is 2. The maximum Gasteiger partial charge on any atom is 0.338 e. The molecule has 8 nitrogen and oxygen atoms in total. The van der Waals surface area contributed by atoms with Crippen molar-refractivity contribution in [3.63, 3.8) is 0 Å². The minimum Gasteiger partial charge on any atom is -0.497 e. The molecule has 0 amide bonds. The van der Waals surface area contributed by atoms with E-state index in [-0.39, 0.29) is 12.2 Å². The van der Waals surface area contributed by atoms with Crippen molar-refractivity contribution in [1.82, 2.24) is 4.57 Å². The van der Waals surface area contributed by atoms with Gasteiger partial charge in [0.2, 0.25) is 0 Å². The molecule has 45 heavy (non-hydrogen) atoms. The number of rotatable bonds is 11. The number of halogens is 2. The summed E-state index contributed by atoms with van der Waals surface area (Å²) in [5.74, 6) is 1.21. The summed E-state index contributed by atoms with van der Waals surface area (Å²) in [4.78, 5) is 33.1. The van der Waals surface area contributed by atoms with Crippen molar-refractivity contribution in [3.05, 3.63) is 117 Å². The minimum atomic E-state index is -0.832. The number of carbonyl (C=O) groups is 1. The molecule has 0 saturated heterocycles. The van der Waals surface area contributed by atoms with Gasteiger partial charge in [0.1, 0.15) is 29.9 Å². The van der Waals surface area contributed by atoms with Gasteiger partial charge in [0, 0.05) is 5.56 Å². The van der Waals surface area contributed by atoms with Gasteiger partial charge >= 0.3 is 5.97 Å². The third-order valence-electron chi connectivity index (χ3n) is 7.17. The molecule has 4 aromatic rings. The second-order valence-corrected chi connectivity index (χ2v) is 12.8. The summed E-state index contributed by atoms with van der Waals surface area (Å²) in [5, 5.41) is 0. The molecule has 11 heteroatoms. The van der Waals surface area contributed by atoms with Crippen LogP contribution in [0.5, 0.6) is 17.2 Å². The zero-order valence-corrected chi connectivity index (χ0v) is 29.3. The highest BCUT2D eigenvalue weighted by Gasteiger charge is 2.36. The van der Waals surface area contributed by atoms with Gasteiger partial charge in [0.05, 0.1) is 45.6 Å². The van der Waals surface area contributed by atoms with E-state index in [1.54, 1.807) is 43.9 Å². The topological polar surface area (TPSA) is 88.4 Å². The van der Waals surface area contributed by atoms with Gasteiger partial charge in [-0.3, -0.25) is 9.36 Å². The molecule has 1 aromatic heterocycles. The van der Waals surface area contributed by atoms with Crippen LogP contribution in [-0.2, 0) is 16.1 Å². The fraction of sp³-hybridized carbons (Fsp3) is 0.265. The number of fused-ring (bicyclic) bond motifs is 1. The third kappa shape index (κ3) is 6.95. The van der Waals surface area contributed by atoms with E-state index in [9.17, 15) is 9.59 Å². The lowest BCUT2D eigenvalue weighted by atomic mass is 9.93. The number of allylic oxidation sites excluding steroid dienone is 1. The summed E-state index contributed by atoms with van der Waals surface area (Å²) < 4.78 is 26.3. The Hall–Kier alpha value is -3.67. The first-order valence-corrected chi connectivity index (χ1v) is 16.8. The SMILES string of the molecule is CCCC1=C(C(=O)OCC)[C@@H](c2cc(OC)ccc2OC)n2c(s/c(=C\c3cc(Br)c(OCc4ccccc4)c(Br)c3)c2=O)=N1. The number of aromatic nitrogens is 1. The zero-order valence-electron chi connectivity index (χ0n) is 25.3. The van der Waals surface area contributed by atoms with E-state index in [2.05, 4.69) is 31.9 Å². The first-order valence-electron chi connectivity index (χ1n) is 14.4. The van der Waals surface area contributed by atoms with Gasteiger partial charge in [-0.1, -0.05) is 55.0 Å². The van der Waals surface area contributed by atoms with E-state index in [0.29, 0.717) is 56.4 Å². The lowest BCUT2D eigenvalue weighted by Crippen LogP contribution is -2.40. The normalized spacial score (nSPS) is 14.5. The van der Waals surface area contributed by atoms with Crippen LogP contribution in [0, 0.1) is 0 Å². The van der Waals surface area contributed by atoms with Crippen molar-refractivity contribution in [3.8, 4) is 17.2 Å². The maximum absolute atomic E-state index is 14.2. The number of ether oxygens (including phenoxy) is 4. The summed E-state index contributed by atoms with van der Waals surface area (Å²) in [7, 11) is 3.12. The van der Waals surface area contributed by atoms with Crippen LogP contribution < -0.4 is 29.1 Å². The van der Waals surface area contributed by atoms with Crippen LogP contribution >= 0.6 is 43.2 Å². The standard InChI is InChI=1S/C34H32Br2N2O6S/c1-5-10-26-29(33(40)43-6-2)30(23-18-22(41-3)13-14-27(23)42-4)38-32(39)28(45-34(38)37-26)17-21-15-24(35)31(25(36)16-21)44-19-20-11-8-7-9-12-20/h7-9,11-18,30H,5-6,10,19H2,1-4H3/b28-17-/t30-/m1/s1. The van der Waals surface area contributed by atoms with Crippen LogP contribution in [0.4, 0.5) is 0 Å². The van der Waals surface area contributed by atoms with Crippen LogP contribution in [0.15, 0.2) is 90.7 Å². The van der Waals surface area contributed by atoms with E-state index in [0.717, 1.165) is 26.5 Å². The van der Waals surface area contributed by atoms with E-state index in [1.807, 2.05) is 55.5 Å². The Morgan fingerprint density at radius 1 is 1.02 bits per heavy atom. The maximum atomic E-state index is 14.2. The van der Waals surface area contributed by atoms with Gasteiger partial charge in [0.15, 0.2) is 4.80 Å². The molecule has 5 rings (SSSR count). The van der Waals surface area contributed by atoms with Crippen molar-refractivity contribution in [2.24, 2.45) is 4.99 Å². The minimum absolute atomic E-state index is 0.183. The van der Waals surface area contributed by atoms with Gasteiger partial charge in [-0.15, -0.1) is 0 Å². The van der Waals surface area contributed by atoms with Crippen molar-refractivity contribution in [2.75, 3.05) is 20.8 Å². The quantitative estimate of drug-likeness (QED) is 0.159. The summed E-state index contributed by atoms with van der Waals surface area (Å²) in [6, 6.07) is 18.2. The average molecular weight is 757 g/mol. The average Bonchev–Trinajstić information content (AvgIpc) is 3.34. The number of benzene rings is 3. The fourth-order valence-electron chi connectivity index (χ4n) is 5.15. The first-order chi connectivity index (χ1) is 21.8. The lowest BCUT2D eigenvalue weighted by Gasteiger charge is -2.27. The second-order valence-electron chi connectivity index (χ2n) is 10.1. The number of nitrogens with zero attached hydrogens (tertiary/aromatic N) is 2. The van der Waals surface area contributed by atoms with Crippen LogP contribution in [0.3, 0.4) is 0 Å². The highest BCUT2D eigenvalue weighted by molar-refractivity contribution is 9.11. The third-order valence-corrected chi connectivity index (χ3v) is 9.33. The van der Waals surface area contributed by atoms with Gasteiger partial charge in [-0.25, -0.2) is 9.79 Å². The van der Waals surface area contributed by atoms with Crippen LogP contribution in [0.1, 0.15) is 49.4 Å².